The second kappa shape index (κ2) is 8.13. The van der Waals surface area contributed by atoms with Crippen molar-refractivity contribution < 1.29 is 14.7 Å². The zero-order chi connectivity index (χ0) is 20.2. The molecule has 0 bridgehead atoms. The van der Waals surface area contributed by atoms with Crippen molar-refractivity contribution in [2.45, 2.75) is 19.4 Å². The van der Waals surface area contributed by atoms with Crippen molar-refractivity contribution in [3.05, 3.63) is 48.3 Å². The number of piperidine rings is 1. The summed E-state index contributed by atoms with van der Waals surface area (Å²) in [6.07, 6.45) is 4.69. The number of carboxylic acid groups (broad SMARTS) is 1. The molecular formula is C19H19N7O3. The molecule has 4 rings (SSSR count). The Morgan fingerprint density at radius 2 is 1.76 bits per heavy atom. The van der Waals surface area contributed by atoms with E-state index in [1.165, 1.54) is 0 Å². The maximum absolute atomic E-state index is 12.6. The average molecular weight is 393 g/mol. The fourth-order valence-electron chi connectivity index (χ4n) is 3.33. The summed E-state index contributed by atoms with van der Waals surface area (Å²) < 4.78 is 0. The lowest BCUT2D eigenvalue weighted by molar-refractivity contribution is -0.138. The third-order valence-corrected chi connectivity index (χ3v) is 4.83. The second-order valence-electron chi connectivity index (χ2n) is 6.80. The molecule has 0 aliphatic carbocycles. The fourth-order valence-corrected chi connectivity index (χ4v) is 3.33. The first kappa shape index (κ1) is 18.7. The van der Waals surface area contributed by atoms with Gasteiger partial charge in [0.2, 0.25) is 11.8 Å². The van der Waals surface area contributed by atoms with Crippen LogP contribution in [-0.4, -0.2) is 60.1 Å². The Bertz CT molecular complexity index is 996. The lowest BCUT2D eigenvalue weighted by atomic mass is 9.89. The molecule has 1 aliphatic rings. The molecule has 1 fully saturated rings. The number of rotatable bonds is 6. The molecule has 0 amide bonds. The Kier molecular flexibility index (Phi) is 5.23. The van der Waals surface area contributed by atoms with Crippen molar-refractivity contribution in [1.29, 1.82) is 0 Å². The molecule has 1 aromatic carbocycles. The lowest BCUT2D eigenvalue weighted by Crippen LogP contribution is -2.37. The molecule has 29 heavy (non-hydrogen) atoms. The van der Waals surface area contributed by atoms with Crippen molar-refractivity contribution in [3.8, 4) is 11.4 Å². The Morgan fingerprint density at radius 3 is 2.41 bits per heavy atom. The van der Waals surface area contributed by atoms with Gasteiger partial charge in [0.05, 0.1) is 5.56 Å². The molecule has 1 aliphatic heterocycles. The van der Waals surface area contributed by atoms with E-state index in [-0.39, 0.29) is 24.1 Å². The number of carboxylic acids is 1. The van der Waals surface area contributed by atoms with Crippen molar-refractivity contribution in [3.63, 3.8) is 0 Å². The lowest BCUT2D eigenvalue weighted by Gasteiger charge is -2.31. The van der Waals surface area contributed by atoms with Gasteiger partial charge in [0, 0.05) is 37.0 Å². The summed E-state index contributed by atoms with van der Waals surface area (Å²) in [5, 5.41) is 20.3. The number of tetrazole rings is 1. The van der Waals surface area contributed by atoms with Gasteiger partial charge in [-0.05, 0) is 18.1 Å². The van der Waals surface area contributed by atoms with Crippen LogP contribution in [0.5, 0.6) is 0 Å². The number of benzene rings is 1. The molecule has 10 heteroatoms. The number of aliphatic carboxylic acids is 1. The summed E-state index contributed by atoms with van der Waals surface area (Å²) in [4.78, 5) is 35.1. The third-order valence-electron chi connectivity index (χ3n) is 4.83. The highest BCUT2D eigenvalue weighted by molar-refractivity contribution is 5.97. The molecule has 0 saturated carbocycles. The number of Topliss-reactive ketones (excluding diaryl/α,β-unsaturated/α-hetero) is 1. The minimum Gasteiger partial charge on any atom is -0.480 e. The highest BCUT2D eigenvalue weighted by Gasteiger charge is 2.26. The average Bonchev–Trinajstić information content (AvgIpc) is 3.22. The minimum atomic E-state index is -1.05. The van der Waals surface area contributed by atoms with Gasteiger partial charge >= 0.3 is 5.97 Å². The van der Waals surface area contributed by atoms with Crippen molar-refractivity contribution in [1.82, 2.24) is 30.2 Å². The van der Waals surface area contributed by atoms with Crippen molar-refractivity contribution in [2.75, 3.05) is 18.0 Å². The molecule has 10 nitrogen and oxygen atoms in total. The molecule has 0 atom stereocenters. The van der Waals surface area contributed by atoms with E-state index in [0.29, 0.717) is 24.6 Å². The van der Waals surface area contributed by atoms with Gasteiger partial charge in [-0.25, -0.2) is 9.97 Å². The van der Waals surface area contributed by atoms with Gasteiger partial charge in [-0.1, -0.05) is 30.3 Å². The summed E-state index contributed by atoms with van der Waals surface area (Å²) >= 11 is 0. The zero-order valence-electron chi connectivity index (χ0n) is 15.5. The van der Waals surface area contributed by atoms with E-state index < -0.39 is 5.97 Å². The summed E-state index contributed by atoms with van der Waals surface area (Å²) in [5.41, 5.74) is 1.31. The van der Waals surface area contributed by atoms with Gasteiger partial charge in [-0.15, -0.1) is 10.2 Å². The molecular weight excluding hydrogens is 374 g/mol. The van der Waals surface area contributed by atoms with Gasteiger partial charge in [-0.2, -0.15) is 4.80 Å². The molecule has 0 spiro atoms. The van der Waals surface area contributed by atoms with Gasteiger partial charge in [0.1, 0.15) is 0 Å². The van der Waals surface area contributed by atoms with E-state index in [2.05, 4.69) is 25.4 Å². The van der Waals surface area contributed by atoms with Crippen molar-refractivity contribution >= 4 is 17.7 Å². The number of nitrogens with zero attached hydrogens (tertiary/aromatic N) is 7. The SMILES string of the molecule is O=C(O)Cn1nnc(-c2cnc(N3CCC(C(=O)c4ccccc4)CC3)nc2)n1. The van der Waals surface area contributed by atoms with Crippen LogP contribution < -0.4 is 4.90 Å². The Morgan fingerprint density at radius 1 is 1.07 bits per heavy atom. The predicted octanol–water partition coefficient (Wildman–Crippen LogP) is 1.31. The standard InChI is InChI=1S/C19H19N7O3/c27-16(28)12-26-23-18(22-24-26)15-10-20-19(21-11-15)25-8-6-14(7-9-25)17(29)13-4-2-1-3-5-13/h1-5,10-11,14H,6-9,12H2,(H,27,28). The van der Waals surface area contributed by atoms with Gasteiger partial charge < -0.3 is 10.0 Å². The first-order valence-corrected chi connectivity index (χ1v) is 9.26. The largest absolute Gasteiger partial charge is 0.480 e. The summed E-state index contributed by atoms with van der Waals surface area (Å²) in [6.45, 7) is 1.05. The van der Waals surface area contributed by atoms with Crippen molar-refractivity contribution in [2.24, 2.45) is 5.92 Å². The number of hydrogen-bond donors (Lipinski definition) is 1. The summed E-state index contributed by atoms with van der Waals surface area (Å²) in [5.74, 6) is 0.00962. The van der Waals surface area contributed by atoms with Gasteiger partial charge in [0.25, 0.3) is 0 Å². The highest BCUT2D eigenvalue weighted by atomic mass is 16.4. The normalized spacial score (nSPS) is 14.7. The van der Waals surface area contributed by atoms with Crippen LogP contribution in [0.4, 0.5) is 5.95 Å². The minimum absolute atomic E-state index is 0.0152. The number of anilines is 1. The highest BCUT2D eigenvalue weighted by Crippen LogP contribution is 2.24. The molecule has 1 saturated heterocycles. The Hall–Kier alpha value is -3.69. The smallest absolute Gasteiger partial charge is 0.327 e. The van der Waals surface area contributed by atoms with Crippen LogP contribution in [0.15, 0.2) is 42.7 Å². The van der Waals surface area contributed by atoms with E-state index >= 15 is 0 Å². The van der Waals surface area contributed by atoms with E-state index in [1.807, 2.05) is 35.2 Å². The quantitative estimate of drug-likeness (QED) is 0.617. The Balaban J connectivity index is 1.37. The van der Waals surface area contributed by atoms with Crippen LogP contribution in [0.25, 0.3) is 11.4 Å². The van der Waals surface area contributed by atoms with E-state index in [4.69, 9.17) is 5.11 Å². The van der Waals surface area contributed by atoms with Crippen LogP contribution >= 0.6 is 0 Å². The number of ketones is 1. The first-order chi connectivity index (χ1) is 14.1. The molecule has 2 aromatic heterocycles. The zero-order valence-corrected chi connectivity index (χ0v) is 15.5. The van der Waals surface area contributed by atoms with E-state index in [9.17, 15) is 9.59 Å². The maximum Gasteiger partial charge on any atom is 0.327 e. The van der Waals surface area contributed by atoms with Crippen LogP contribution in [0.2, 0.25) is 0 Å². The summed E-state index contributed by atoms with van der Waals surface area (Å²) in [7, 11) is 0. The number of carbonyl (C=O) groups excluding carboxylic acids is 1. The molecule has 3 aromatic rings. The number of carbonyl (C=O) groups is 2. The monoisotopic (exact) mass is 393 g/mol. The van der Waals surface area contributed by atoms with Crippen LogP contribution in [-0.2, 0) is 11.3 Å². The molecule has 148 valence electrons. The van der Waals surface area contributed by atoms with Crippen LogP contribution in [0.1, 0.15) is 23.2 Å². The molecule has 0 unspecified atom stereocenters. The van der Waals surface area contributed by atoms with E-state index in [1.54, 1.807) is 12.4 Å². The number of hydrogen-bond acceptors (Lipinski definition) is 8. The molecule has 0 radical (unpaired) electrons. The predicted molar refractivity (Wildman–Crippen MR) is 102 cm³/mol. The van der Waals surface area contributed by atoms with Gasteiger partial charge in [0.15, 0.2) is 12.3 Å². The van der Waals surface area contributed by atoms with Crippen LogP contribution in [0.3, 0.4) is 0 Å². The fraction of sp³-hybridized carbons (Fsp3) is 0.316. The number of aromatic nitrogens is 6. The molecule has 3 heterocycles. The topological polar surface area (TPSA) is 127 Å². The molecule has 1 N–H and O–H groups in total. The Labute approximate surface area is 166 Å². The second-order valence-corrected chi connectivity index (χ2v) is 6.80. The van der Waals surface area contributed by atoms with Gasteiger partial charge in [-0.3, -0.25) is 9.59 Å². The first-order valence-electron chi connectivity index (χ1n) is 9.26. The summed E-state index contributed by atoms with van der Waals surface area (Å²) in [6, 6.07) is 9.39. The van der Waals surface area contributed by atoms with E-state index in [0.717, 1.165) is 23.2 Å². The maximum atomic E-state index is 12.6. The van der Waals surface area contributed by atoms with Crippen LogP contribution in [0, 0.1) is 5.92 Å². The third kappa shape index (κ3) is 4.26.